The van der Waals surface area contributed by atoms with Crippen LogP contribution >= 0.6 is 0 Å². The Balaban J connectivity index is 1.95. The van der Waals surface area contributed by atoms with Gasteiger partial charge in [-0.15, -0.1) is 0 Å². The van der Waals surface area contributed by atoms with Crippen molar-refractivity contribution in [1.82, 2.24) is 10.2 Å². The van der Waals surface area contributed by atoms with Crippen molar-refractivity contribution in [2.24, 2.45) is 5.41 Å². The molecule has 0 saturated carbocycles. The van der Waals surface area contributed by atoms with Crippen LogP contribution < -0.4 is 5.32 Å². The lowest BCUT2D eigenvalue weighted by molar-refractivity contribution is -0.143. The molecule has 2 aromatic rings. The highest BCUT2D eigenvalue weighted by Gasteiger charge is 2.40. The molecule has 0 unspecified atom stereocenters. The number of ether oxygens (including phenoxy) is 1. The number of esters is 1. The predicted octanol–water partition coefficient (Wildman–Crippen LogP) is 4.50. The van der Waals surface area contributed by atoms with Crippen molar-refractivity contribution in [2.75, 3.05) is 19.7 Å². The lowest BCUT2D eigenvalue weighted by atomic mass is 9.85. The summed E-state index contributed by atoms with van der Waals surface area (Å²) < 4.78 is 33.4. The largest absolute Gasteiger partial charge is 0.465 e. The molecule has 0 fully saturated rings. The fourth-order valence-electron chi connectivity index (χ4n) is 4.00. The Morgan fingerprint density at radius 1 is 1.15 bits per heavy atom. The second-order valence-corrected chi connectivity index (χ2v) is 9.12. The van der Waals surface area contributed by atoms with E-state index in [9.17, 15) is 18.4 Å². The molecule has 33 heavy (non-hydrogen) atoms. The molecule has 0 radical (unpaired) electrons. The molecule has 0 aliphatic carbocycles. The first-order valence-electron chi connectivity index (χ1n) is 11.0. The molecule has 1 N–H and O–H groups in total. The van der Waals surface area contributed by atoms with Crippen LogP contribution in [-0.4, -0.2) is 42.5 Å². The highest BCUT2D eigenvalue weighted by Crippen LogP contribution is 2.37. The fraction of sp³-hybridized carbons (Fsp3) is 0.385. The predicted molar refractivity (Wildman–Crippen MR) is 123 cm³/mol. The van der Waals surface area contributed by atoms with Gasteiger partial charge < -0.3 is 9.64 Å². The minimum Gasteiger partial charge on any atom is -0.465 e. The topological polar surface area (TPSA) is 58.6 Å². The van der Waals surface area contributed by atoms with Crippen LogP contribution in [0.25, 0.3) is 5.57 Å². The van der Waals surface area contributed by atoms with Gasteiger partial charge in [0.1, 0.15) is 11.6 Å². The van der Waals surface area contributed by atoms with Crippen molar-refractivity contribution in [3.05, 3.63) is 77.4 Å². The number of carbonyl (C=O) groups is 2. The minimum atomic E-state index is -0.696. The van der Waals surface area contributed by atoms with E-state index in [0.717, 1.165) is 23.8 Å². The van der Waals surface area contributed by atoms with Gasteiger partial charge in [-0.25, -0.2) is 8.78 Å². The SMILES string of the molecule is CCOC(=O)CN[C@H](C(=O)N1CC(c2cc(F)ccc2F)=C[C@H]1c1ccccc1)C(C)(C)C. The maximum absolute atomic E-state index is 14.5. The molecule has 0 bridgehead atoms. The second-order valence-electron chi connectivity index (χ2n) is 9.12. The first-order chi connectivity index (χ1) is 15.6. The highest BCUT2D eigenvalue weighted by molar-refractivity contribution is 5.88. The summed E-state index contributed by atoms with van der Waals surface area (Å²) in [5, 5.41) is 3.05. The molecule has 0 spiro atoms. The lowest BCUT2D eigenvalue weighted by Crippen LogP contribution is -2.54. The Morgan fingerprint density at radius 2 is 1.85 bits per heavy atom. The summed E-state index contributed by atoms with van der Waals surface area (Å²) in [6, 6.07) is 11.6. The van der Waals surface area contributed by atoms with Crippen LogP contribution in [0, 0.1) is 17.0 Å². The summed E-state index contributed by atoms with van der Waals surface area (Å²) in [6.07, 6.45) is 1.80. The number of rotatable bonds is 7. The van der Waals surface area contributed by atoms with Crippen LogP contribution in [0.3, 0.4) is 0 Å². The van der Waals surface area contributed by atoms with Gasteiger partial charge in [-0.05, 0) is 41.7 Å². The monoisotopic (exact) mass is 456 g/mol. The molecule has 0 aromatic heterocycles. The molecule has 3 rings (SSSR count). The molecular weight excluding hydrogens is 426 g/mol. The van der Waals surface area contributed by atoms with Crippen LogP contribution in [0.1, 0.15) is 44.9 Å². The molecule has 1 aliphatic heterocycles. The molecule has 176 valence electrons. The van der Waals surface area contributed by atoms with Crippen molar-refractivity contribution in [2.45, 2.75) is 39.8 Å². The quantitative estimate of drug-likeness (QED) is 0.624. The van der Waals surface area contributed by atoms with Crippen molar-refractivity contribution >= 4 is 17.4 Å². The fourth-order valence-corrected chi connectivity index (χ4v) is 4.00. The van der Waals surface area contributed by atoms with Gasteiger partial charge >= 0.3 is 5.97 Å². The van der Waals surface area contributed by atoms with Crippen LogP contribution in [0.4, 0.5) is 8.78 Å². The molecule has 2 atom stereocenters. The minimum absolute atomic E-state index is 0.107. The van der Waals surface area contributed by atoms with Gasteiger partial charge in [0.15, 0.2) is 0 Å². The highest BCUT2D eigenvalue weighted by atomic mass is 19.1. The maximum atomic E-state index is 14.5. The van der Waals surface area contributed by atoms with Gasteiger partial charge in [-0.3, -0.25) is 14.9 Å². The number of halogens is 2. The third kappa shape index (κ3) is 5.85. The summed E-state index contributed by atoms with van der Waals surface area (Å²) in [6.45, 7) is 7.70. The van der Waals surface area contributed by atoms with Gasteiger partial charge in [0.25, 0.3) is 0 Å². The number of hydrogen-bond acceptors (Lipinski definition) is 4. The number of amides is 1. The average Bonchev–Trinajstić information content (AvgIpc) is 3.20. The normalized spacial score (nSPS) is 17.0. The van der Waals surface area contributed by atoms with E-state index in [4.69, 9.17) is 4.74 Å². The third-order valence-corrected chi connectivity index (χ3v) is 5.60. The molecule has 1 heterocycles. The van der Waals surface area contributed by atoms with E-state index < -0.39 is 35.1 Å². The first-order valence-corrected chi connectivity index (χ1v) is 11.0. The first kappa shape index (κ1) is 24.6. The molecule has 7 heteroatoms. The van der Waals surface area contributed by atoms with E-state index in [1.165, 1.54) is 0 Å². The van der Waals surface area contributed by atoms with Crippen molar-refractivity contribution in [3.8, 4) is 0 Å². The molecular formula is C26H30F2N2O3. The Hall–Kier alpha value is -3.06. The zero-order valence-corrected chi connectivity index (χ0v) is 19.4. The zero-order valence-electron chi connectivity index (χ0n) is 19.4. The summed E-state index contributed by atoms with van der Waals surface area (Å²) in [5.41, 5.74) is 1.01. The van der Waals surface area contributed by atoms with Gasteiger partial charge in [0.05, 0.1) is 25.2 Å². The lowest BCUT2D eigenvalue weighted by Gasteiger charge is -2.36. The summed E-state index contributed by atoms with van der Waals surface area (Å²) in [4.78, 5) is 27.3. The third-order valence-electron chi connectivity index (χ3n) is 5.60. The number of benzene rings is 2. The van der Waals surface area contributed by atoms with Crippen LogP contribution in [0.5, 0.6) is 0 Å². The van der Waals surface area contributed by atoms with Gasteiger partial charge in [0, 0.05) is 12.1 Å². The van der Waals surface area contributed by atoms with E-state index in [1.807, 2.05) is 51.1 Å². The molecule has 0 saturated heterocycles. The van der Waals surface area contributed by atoms with Crippen molar-refractivity contribution in [3.63, 3.8) is 0 Å². The van der Waals surface area contributed by atoms with E-state index in [0.29, 0.717) is 5.57 Å². The molecule has 2 aromatic carbocycles. The number of hydrogen-bond donors (Lipinski definition) is 1. The van der Waals surface area contributed by atoms with Crippen LogP contribution in [-0.2, 0) is 14.3 Å². The standard InChI is InChI=1S/C26H30F2N2O3/c1-5-33-23(31)15-29-24(26(2,3)4)25(32)30-16-18(20-14-19(27)11-12-21(20)28)13-22(30)17-9-7-6-8-10-17/h6-14,22,24,29H,5,15-16H2,1-4H3/t22-,24+/m0/s1. The number of nitrogens with one attached hydrogen (secondary N) is 1. The maximum Gasteiger partial charge on any atom is 0.319 e. The summed E-state index contributed by atoms with van der Waals surface area (Å²) >= 11 is 0. The molecule has 5 nitrogen and oxygen atoms in total. The number of carbonyl (C=O) groups excluding carboxylic acids is 2. The Morgan fingerprint density at radius 3 is 2.48 bits per heavy atom. The van der Waals surface area contributed by atoms with E-state index in [-0.39, 0.29) is 31.2 Å². The summed E-state index contributed by atoms with van der Waals surface area (Å²) in [7, 11) is 0. The summed E-state index contributed by atoms with van der Waals surface area (Å²) in [5.74, 6) is -1.77. The molecule has 1 aliphatic rings. The van der Waals surface area contributed by atoms with Crippen molar-refractivity contribution in [1.29, 1.82) is 0 Å². The Bertz CT molecular complexity index is 1030. The second kappa shape index (κ2) is 10.3. The smallest absolute Gasteiger partial charge is 0.319 e. The van der Waals surface area contributed by atoms with E-state index in [1.54, 1.807) is 17.9 Å². The Labute approximate surface area is 193 Å². The zero-order chi connectivity index (χ0) is 24.2. The number of nitrogens with zero attached hydrogens (tertiary/aromatic N) is 1. The van der Waals surface area contributed by atoms with Crippen LogP contribution in [0.2, 0.25) is 0 Å². The average molecular weight is 457 g/mol. The van der Waals surface area contributed by atoms with E-state index in [2.05, 4.69) is 5.32 Å². The Kier molecular flexibility index (Phi) is 7.64. The van der Waals surface area contributed by atoms with Gasteiger partial charge in [0.2, 0.25) is 5.91 Å². The van der Waals surface area contributed by atoms with Gasteiger partial charge in [-0.2, -0.15) is 0 Å². The van der Waals surface area contributed by atoms with Crippen LogP contribution in [0.15, 0.2) is 54.6 Å². The van der Waals surface area contributed by atoms with E-state index >= 15 is 0 Å². The van der Waals surface area contributed by atoms with Gasteiger partial charge in [-0.1, -0.05) is 57.2 Å². The molecule has 1 amide bonds. The van der Waals surface area contributed by atoms with Crippen molar-refractivity contribution < 1.29 is 23.1 Å².